The fraction of sp³-hybridized carbons (Fsp3) is 0. The summed E-state index contributed by atoms with van der Waals surface area (Å²) in [7, 11) is 0. The number of anilines is 3. The van der Waals surface area contributed by atoms with Gasteiger partial charge in [0.2, 0.25) is 0 Å². The smallest absolute Gasteiger partial charge is 0.0540 e. The lowest BCUT2D eigenvalue weighted by Gasteiger charge is -2.28. The first kappa shape index (κ1) is 37.2. The van der Waals surface area contributed by atoms with Crippen LogP contribution in [0.15, 0.2) is 237 Å². The molecule has 0 radical (unpaired) electrons. The summed E-state index contributed by atoms with van der Waals surface area (Å²) in [6.45, 7) is 0. The van der Waals surface area contributed by atoms with Crippen LogP contribution in [-0.2, 0) is 0 Å². The van der Waals surface area contributed by atoms with Crippen LogP contribution in [0, 0.1) is 0 Å². The zero-order chi connectivity index (χ0) is 41.7. The van der Waals surface area contributed by atoms with Gasteiger partial charge in [-0.1, -0.05) is 188 Å². The second-order valence-corrected chi connectivity index (χ2v) is 18.1. The molecule has 1 nitrogen and oxygen atoms in total. The third-order valence-corrected chi connectivity index (χ3v) is 14.7. The van der Waals surface area contributed by atoms with Gasteiger partial charge >= 0.3 is 0 Å². The minimum Gasteiger partial charge on any atom is -0.310 e. The van der Waals surface area contributed by atoms with Crippen LogP contribution in [0.25, 0.3) is 96.0 Å². The number of hydrogen-bond donors (Lipinski definition) is 0. The van der Waals surface area contributed by atoms with Crippen molar-refractivity contribution in [3.8, 4) is 55.6 Å². The van der Waals surface area contributed by atoms with Crippen LogP contribution in [-0.4, -0.2) is 0 Å². The van der Waals surface area contributed by atoms with Gasteiger partial charge in [0, 0.05) is 62.8 Å². The minimum absolute atomic E-state index is 1.09. The number of fused-ring (bicyclic) bond motifs is 6. The van der Waals surface area contributed by atoms with Crippen molar-refractivity contribution >= 4 is 80.1 Å². The van der Waals surface area contributed by atoms with E-state index in [1.54, 1.807) is 0 Å². The van der Waals surface area contributed by atoms with Crippen LogP contribution >= 0.6 is 22.7 Å². The summed E-state index contributed by atoms with van der Waals surface area (Å²) in [6, 6.07) is 86.6. The number of hydrogen-bond acceptors (Lipinski definition) is 3. The van der Waals surface area contributed by atoms with Crippen LogP contribution in [0.2, 0.25) is 0 Å². The maximum Gasteiger partial charge on any atom is 0.0540 e. The Balaban J connectivity index is 1.01. The molecule has 12 aromatic rings. The summed E-state index contributed by atoms with van der Waals surface area (Å²) in [6.07, 6.45) is 0. The lowest BCUT2D eigenvalue weighted by Crippen LogP contribution is -2.11. The first-order valence-electron chi connectivity index (χ1n) is 21.4. The molecule has 0 atom stereocenters. The minimum atomic E-state index is 1.09. The Bertz CT molecular complexity index is 3630. The highest BCUT2D eigenvalue weighted by atomic mass is 32.1. The molecule has 0 fully saturated rings. The number of para-hydroxylation sites is 1. The second-order valence-electron chi connectivity index (χ2n) is 16.0. The Kier molecular flexibility index (Phi) is 9.29. The highest BCUT2D eigenvalue weighted by molar-refractivity contribution is 7.26. The van der Waals surface area contributed by atoms with Gasteiger partial charge < -0.3 is 4.90 Å². The van der Waals surface area contributed by atoms with Crippen LogP contribution in [0.3, 0.4) is 0 Å². The summed E-state index contributed by atoms with van der Waals surface area (Å²) in [5.74, 6) is 0. The average Bonchev–Trinajstić information content (AvgIpc) is 3.93. The van der Waals surface area contributed by atoms with Crippen LogP contribution in [0.4, 0.5) is 17.1 Å². The Morgan fingerprint density at radius 1 is 0.254 bits per heavy atom. The molecule has 2 heterocycles. The van der Waals surface area contributed by atoms with Crippen molar-refractivity contribution in [2.75, 3.05) is 4.90 Å². The van der Waals surface area contributed by atoms with Crippen LogP contribution < -0.4 is 4.90 Å². The summed E-state index contributed by atoms with van der Waals surface area (Å²) < 4.78 is 5.24. The van der Waals surface area contributed by atoms with Crippen molar-refractivity contribution in [1.82, 2.24) is 0 Å². The SMILES string of the molecule is c1ccc(-c2ccccc2-c2ccccc2-c2ccc(N(c3cccc(-c4ccc5c(c4)sc4ccccc45)c3)c3ccccc3-c3cccc4c3sc3ccccc34)cc2)cc1. The Labute approximate surface area is 375 Å². The lowest BCUT2D eigenvalue weighted by atomic mass is 9.89. The fourth-order valence-corrected chi connectivity index (χ4v) is 11.7. The van der Waals surface area contributed by atoms with Gasteiger partial charge in [-0.05, 0) is 93.0 Å². The van der Waals surface area contributed by atoms with Crippen LogP contribution in [0.1, 0.15) is 0 Å². The third-order valence-electron chi connectivity index (χ3n) is 12.3. The van der Waals surface area contributed by atoms with E-state index in [1.807, 2.05) is 22.7 Å². The zero-order valence-electron chi connectivity index (χ0n) is 34.3. The van der Waals surface area contributed by atoms with E-state index >= 15 is 0 Å². The van der Waals surface area contributed by atoms with E-state index in [0.717, 1.165) is 17.1 Å². The highest BCUT2D eigenvalue weighted by Gasteiger charge is 2.21. The van der Waals surface area contributed by atoms with Crippen molar-refractivity contribution in [3.05, 3.63) is 237 Å². The van der Waals surface area contributed by atoms with E-state index in [-0.39, 0.29) is 0 Å². The molecule has 0 saturated heterocycles. The molecule has 10 aromatic carbocycles. The summed E-state index contributed by atoms with van der Waals surface area (Å²) in [5, 5.41) is 5.23. The third kappa shape index (κ3) is 6.61. The number of nitrogens with zero attached hydrogens (tertiary/aromatic N) is 1. The molecular formula is C60H39NS2. The van der Waals surface area contributed by atoms with Gasteiger partial charge in [-0.25, -0.2) is 0 Å². The van der Waals surface area contributed by atoms with Crippen molar-refractivity contribution in [2.45, 2.75) is 0 Å². The molecule has 0 N–H and O–H groups in total. The second kappa shape index (κ2) is 15.7. The summed E-state index contributed by atoms with van der Waals surface area (Å²) in [4.78, 5) is 2.45. The Morgan fingerprint density at radius 2 is 0.746 bits per heavy atom. The van der Waals surface area contributed by atoms with Gasteiger partial charge in [0.1, 0.15) is 0 Å². The number of rotatable bonds is 8. The number of thiophene rings is 2. The molecule has 0 spiro atoms. The Morgan fingerprint density at radius 3 is 1.49 bits per heavy atom. The topological polar surface area (TPSA) is 3.24 Å². The molecule has 0 aliphatic carbocycles. The van der Waals surface area contributed by atoms with Gasteiger partial charge in [-0.2, -0.15) is 0 Å². The quantitative estimate of drug-likeness (QED) is 0.147. The van der Waals surface area contributed by atoms with E-state index in [9.17, 15) is 0 Å². The molecule has 0 unspecified atom stereocenters. The van der Waals surface area contributed by atoms with E-state index in [2.05, 4.69) is 241 Å². The van der Waals surface area contributed by atoms with Gasteiger partial charge in [-0.3, -0.25) is 0 Å². The average molecular weight is 838 g/mol. The molecule has 296 valence electrons. The van der Waals surface area contributed by atoms with Crippen molar-refractivity contribution in [2.24, 2.45) is 0 Å². The molecular weight excluding hydrogens is 799 g/mol. The molecule has 0 amide bonds. The fourth-order valence-electron chi connectivity index (χ4n) is 9.36. The van der Waals surface area contributed by atoms with Gasteiger partial charge in [-0.15, -0.1) is 22.7 Å². The van der Waals surface area contributed by atoms with Crippen molar-refractivity contribution in [1.29, 1.82) is 0 Å². The van der Waals surface area contributed by atoms with Gasteiger partial charge in [0.05, 0.1) is 5.69 Å². The monoisotopic (exact) mass is 837 g/mol. The normalized spacial score (nSPS) is 11.5. The maximum atomic E-state index is 2.45. The predicted molar refractivity (Wildman–Crippen MR) is 274 cm³/mol. The first-order valence-corrected chi connectivity index (χ1v) is 23.0. The lowest BCUT2D eigenvalue weighted by molar-refractivity contribution is 1.28. The van der Waals surface area contributed by atoms with Crippen LogP contribution in [0.5, 0.6) is 0 Å². The molecule has 12 rings (SSSR count). The highest BCUT2D eigenvalue weighted by Crippen LogP contribution is 2.47. The molecule has 0 saturated carbocycles. The molecule has 0 aliphatic heterocycles. The van der Waals surface area contributed by atoms with E-state index in [0.29, 0.717) is 0 Å². The van der Waals surface area contributed by atoms with Gasteiger partial charge in [0.25, 0.3) is 0 Å². The largest absolute Gasteiger partial charge is 0.310 e. The first-order chi connectivity index (χ1) is 31.2. The summed E-state index contributed by atoms with van der Waals surface area (Å²) >= 11 is 3.74. The standard InChI is InChI=1S/C60H39NS2/c1-2-16-40(17-3-1)46-20-4-6-22-48(46)49-23-7-5-21-47(49)41-32-35-44(36-33-41)61(45-19-14-18-42(38-45)43-34-37-53-51-25-9-12-30-57(51)62-59(53)39-43)56-29-11-8-24-50(56)54-27-15-28-55-52-26-10-13-31-58(52)63-60(54)55/h1-39H. The van der Waals surface area contributed by atoms with E-state index in [4.69, 9.17) is 0 Å². The van der Waals surface area contributed by atoms with Gasteiger partial charge in [0.15, 0.2) is 0 Å². The summed E-state index contributed by atoms with van der Waals surface area (Å²) in [5.41, 5.74) is 15.4. The molecule has 3 heteroatoms. The molecule has 63 heavy (non-hydrogen) atoms. The van der Waals surface area contributed by atoms with E-state index in [1.165, 1.54) is 96.0 Å². The van der Waals surface area contributed by atoms with Crippen molar-refractivity contribution < 1.29 is 0 Å². The Hall–Kier alpha value is -7.56. The van der Waals surface area contributed by atoms with Crippen molar-refractivity contribution in [3.63, 3.8) is 0 Å². The molecule has 0 bridgehead atoms. The molecule has 2 aromatic heterocycles. The maximum absolute atomic E-state index is 2.45. The molecule has 0 aliphatic rings. The van der Waals surface area contributed by atoms with E-state index < -0.39 is 0 Å². The predicted octanol–water partition coefficient (Wildman–Crippen LogP) is 18.2. The number of benzene rings is 10. The zero-order valence-corrected chi connectivity index (χ0v) is 35.9.